The number of nitrogens with one attached hydrogen (secondary N) is 2. The fourth-order valence-corrected chi connectivity index (χ4v) is 2.19. The van der Waals surface area contributed by atoms with Gasteiger partial charge in [0.05, 0.1) is 17.8 Å². The minimum Gasteiger partial charge on any atom is -0.467 e. The predicted octanol–water partition coefficient (Wildman–Crippen LogP) is 4.53. The van der Waals surface area contributed by atoms with E-state index in [2.05, 4.69) is 20.6 Å². The first-order chi connectivity index (χ1) is 11.1. The molecular weight excluding hydrogens is 319 g/mol. The third kappa shape index (κ3) is 3.98. The van der Waals surface area contributed by atoms with E-state index in [1.54, 1.807) is 12.3 Å². The quantitative estimate of drug-likeness (QED) is 0.719. The lowest BCUT2D eigenvalue weighted by atomic mass is 10.3. The van der Waals surface area contributed by atoms with Crippen LogP contribution in [0, 0.1) is 12.7 Å². The molecule has 2 heterocycles. The highest BCUT2D eigenvalue weighted by Gasteiger charge is 2.06. The minimum atomic E-state index is -0.469. The van der Waals surface area contributed by atoms with Crippen molar-refractivity contribution in [1.29, 1.82) is 0 Å². The Labute approximate surface area is 137 Å². The number of halogens is 2. The highest BCUT2D eigenvalue weighted by Crippen LogP contribution is 2.22. The van der Waals surface area contributed by atoms with Crippen LogP contribution >= 0.6 is 11.6 Å². The summed E-state index contributed by atoms with van der Waals surface area (Å²) in [5.74, 6) is 1.39. The third-order valence-corrected chi connectivity index (χ3v) is 3.34. The molecule has 0 saturated carbocycles. The Morgan fingerprint density at radius 3 is 2.83 bits per heavy atom. The Bertz CT molecular complexity index is 808. The number of rotatable bonds is 5. The lowest BCUT2D eigenvalue weighted by Crippen LogP contribution is -2.05. The number of aromatic nitrogens is 2. The van der Waals surface area contributed by atoms with Gasteiger partial charge in [0.2, 0.25) is 5.95 Å². The van der Waals surface area contributed by atoms with Gasteiger partial charge in [0.25, 0.3) is 0 Å². The summed E-state index contributed by atoms with van der Waals surface area (Å²) in [4.78, 5) is 8.67. The van der Waals surface area contributed by atoms with Crippen molar-refractivity contribution in [2.45, 2.75) is 13.5 Å². The van der Waals surface area contributed by atoms with Crippen molar-refractivity contribution in [3.8, 4) is 0 Å². The first kappa shape index (κ1) is 15.3. The van der Waals surface area contributed by atoms with Crippen LogP contribution in [0.5, 0.6) is 0 Å². The van der Waals surface area contributed by atoms with Gasteiger partial charge in [-0.15, -0.1) is 0 Å². The Kier molecular flexibility index (Phi) is 4.43. The van der Waals surface area contributed by atoms with Crippen LogP contribution in [0.15, 0.2) is 47.1 Å². The van der Waals surface area contributed by atoms with E-state index in [1.807, 2.05) is 25.1 Å². The molecule has 3 aromatic rings. The normalized spacial score (nSPS) is 10.6. The number of aryl methyl sites for hydroxylation is 1. The van der Waals surface area contributed by atoms with Gasteiger partial charge in [-0.1, -0.05) is 11.6 Å². The molecule has 118 valence electrons. The topological polar surface area (TPSA) is 63.0 Å². The van der Waals surface area contributed by atoms with Crippen molar-refractivity contribution in [3.63, 3.8) is 0 Å². The summed E-state index contributed by atoms with van der Waals surface area (Å²) >= 11 is 5.77. The molecule has 0 fully saturated rings. The van der Waals surface area contributed by atoms with Gasteiger partial charge >= 0.3 is 0 Å². The van der Waals surface area contributed by atoms with Crippen molar-refractivity contribution in [2.75, 3.05) is 10.6 Å². The average Bonchev–Trinajstić information content (AvgIpc) is 3.02. The summed E-state index contributed by atoms with van der Waals surface area (Å²) in [7, 11) is 0. The molecule has 5 nitrogen and oxygen atoms in total. The van der Waals surface area contributed by atoms with Crippen LogP contribution in [-0.4, -0.2) is 9.97 Å². The molecule has 2 aromatic heterocycles. The number of furan rings is 1. The lowest BCUT2D eigenvalue weighted by molar-refractivity contribution is 0.518. The largest absolute Gasteiger partial charge is 0.467 e. The van der Waals surface area contributed by atoms with Crippen LogP contribution < -0.4 is 10.6 Å². The molecule has 0 atom stereocenters. The van der Waals surface area contributed by atoms with Crippen molar-refractivity contribution in [1.82, 2.24) is 9.97 Å². The smallest absolute Gasteiger partial charge is 0.229 e. The number of hydrogen-bond acceptors (Lipinski definition) is 5. The molecule has 0 radical (unpaired) electrons. The molecule has 0 amide bonds. The Hall–Kier alpha value is -2.60. The third-order valence-electron chi connectivity index (χ3n) is 3.05. The van der Waals surface area contributed by atoms with Gasteiger partial charge in [0, 0.05) is 17.4 Å². The van der Waals surface area contributed by atoms with Gasteiger partial charge in [-0.25, -0.2) is 9.37 Å². The van der Waals surface area contributed by atoms with Gasteiger partial charge in [-0.2, -0.15) is 4.98 Å². The molecule has 7 heteroatoms. The van der Waals surface area contributed by atoms with Crippen molar-refractivity contribution in [3.05, 3.63) is 65.0 Å². The number of anilines is 3. The van der Waals surface area contributed by atoms with Crippen LogP contribution in [0.3, 0.4) is 0 Å². The fourth-order valence-electron chi connectivity index (χ4n) is 2.01. The number of benzene rings is 1. The van der Waals surface area contributed by atoms with E-state index in [1.165, 1.54) is 12.1 Å². The summed E-state index contributed by atoms with van der Waals surface area (Å²) in [5.41, 5.74) is 1.40. The molecule has 3 rings (SSSR count). The number of hydrogen-bond donors (Lipinski definition) is 2. The zero-order valence-electron chi connectivity index (χ0n) is 12.3. The molecule has 1 aromatic carbocycles. The second kappa shape index (κ2) is 6.66. The second-order valence-corrected chi connectivity index (χ2v) is 5.31. The van der Waals surface area contributed by atoms with Gasteiger partial charge in [-0.05, 0) is 37.3 Å². The average molecular weight is 333 g/mol. The highest BCUT2D eigenvalue weighted by molar-refractivity contribution is 6.31. The zero-order valence-corrected chi connectivity index (χ0v) is 13.1. The molecule has 2 N–H and O–H groups in total. The Balaban J connectivity index is 1.75. The van der Waals surface area contributed by atoms with Crippen LogP contribution in [0.25, 0.3) is 0 Å². The highest BCUT2D eigenvalue weighted by atomic mass is 35.5. The van der Waals surface area contributed by atoms with Crippen LogP contribution in [-0.2, 0) is 6.54 Å². The maximum atomic E-state index is 13.2. The SMILES string of the molecule is Cc1cc(NCc2ccco2)nc(Nc2ccc(F)c(Cl)c2)n1. The van der Waals surface area contributed by atoms with Gasteiger partial charge in [0.15, 0.2) is 0 Å². The predicted molar refractivity (Wildman–Crippen MR) is 87.5 cm³/mol. The summed E-state index contributed by atoms with van der Waals surface area (Å²) in [5, 5.41) is 6.21. The molecule has 0 aliphatic heterocycles. The summed E-state index contributed by atoms with van der Waals surface area (Å²) in [6, 6.07) is 9.87. The summed E-state index contributed by atoms with van der Waals surface area (Å²) in [6.07, 6.45) is 1.62. The monoisotopic (exact) mass is 332 g/mol. The van der Waals surface area contributed by atoms with Gasteiger partial charge in [0.1, 0.15) is 17.4 Å². The molecular formula is C16H14ClFN4O. The van der Waals surface area contributed by atoms with Crippen molar-refractivity contribution >= 4 is 29.1 Å². The Morgan fingerprint density at radius 1 is 1.22 bits per heavy atom. The molecule has 0 aliphatic carbocycles. The van der Waals surface area contributed by atoms with E-state index in [0.29, 0.717) is 24.0 Å². The summed E-state index contributed by atoms with van der Waals surface area (Å²) < 4.78 is 18.5. The standard InChI is InChI=1S/C16H14ClFN4O/c1-10-7-15(19-9-12-3-2-6-23-12)22-16(20-10)21-11-4-5-14(18)13(17)8-11/h2-8H,9H2,1H3,(H2,19,20,21,22). The summed E-state index contributed by atoms with van der Waals surface area (Å²) in [6.45, 7) is 2.38. The van der Waals surface area contributed by atoms with E-state index in [-0.39, 0.29) is 5.02 Å². The van der Waals surface area contributed by atoms with Crippen LogP contribution in [0.2, 0.25) is 5.02 Å². The molecule has 0 spiro atoms. The van der Waals surface area contributed by atoms with E-state index in [0.717, 1.165) is 11.5 Å². The molecule has 0 bridgehead atoms. The molecule has 0 aliphatic rings. The van der Waals surface area contributed by atoms with E-state index in [4.69, 9.17) is 16.0 Å². The van der Waals surface area contributed by atoms with Crippen molar-refractivity contribution in [2.24, 2.45) is 0 Å². The number of nitrogens with zero attached hydrogens (tertiary/aromatic N) is 2. The van der Waals surface area contributed by atoms with E-state index >= 15 is 0 Å². The van der Waals surface area contributed by atoms with E-state index in [9.17, 15) is 4.39 Å². The fraction of sp³-hybridized carbons (Fsp3) is 0.125. The maximum Gasteiger partial charge on any atom is 0.229 e. The van der Waals surface area contributed by atoms with Crippen molar-refractivity contribution < 1.29 is 8.81 Å². The van der Waals surface area contributed by atoms with Crippen LogP contribution in [0.1, 0.15) is 11.5 Å². The van der Waals surface area contributed by atoms with Gasteiger partial charge < -0.3 is 15.1 Å². The molecule has 0 unspecified atom stereocenters. The zero-order chi connectivity index (χ0) is 16.2. The first-order valence-electron chi connectivity index (χ1n) is 6.94. The lowest BCUT2D eigenvalue weighted by Gasteiger charge is -2.09. The minimum absolute atomic E-state index is 0.0406. The molecule has 23 heavy (non-hydrogen) atoms. The maximum absolute atomic E-state index is 13.2. The first-order valence-corrected chi connectivity index (χ1v) is 7.32. The van der Waals surface area contributed by atoms with E-state index < -0.39 is 5.82 Å². The second-order valence-electron chi connectivity index (χ2n) is 4.90. The molecule has 0 saturated heterocycles. The van der Waals surface area contributed by atoms with Gasteiger partial charge in [-0.3, -0.25) is 0 Å². The Morgan fingerprint density at radius 2 is 2.09 bits per heavy atom. The van der Waals surface area contributed by atoms with Crippen LogP contribution in [0.4, 0.5) is 21.8 Å².